The van der Waals surface area contributed by atoms with Crippen molar-refractivity contribution in [2.45, 2.75) is 52.0 Å². The number of rotatable bonds is 7. The lowest BCUT2D eigenvalue weighted by molar-refractivity contribution is -0.152. The molecule has 1 aliphatic carbocycles. The molecule has 0 saturated heterocycles. The van der Waals surface area contributed by atoms with E-state index in [2.05, 4.69) is 6.92 Å². The molecule has 4 heteroatoms. The molecule has 1 N–H and O–H groups in total. The van der Waals surface area contributed by atoms with Gasteiger partial charge in [-0.1, -0.05) is 56.5 Å². The second-order valence-corrected chi connectivity index (χ2v) is 6.43. The standard InChI is InChI=1S/C19H27NO3/c1-2-3-13-20(14-15-9-5-4-6-10-15)18(21)16-11-7-8-12-17(16)19(22)23/h4-6,9-10,16-17H,2-3,7-8,11-14H2,1H3,(H,22,23)/t16-,17+/m1/s1. The molecule has 23 heavy (non-hydrogen) atoms. The Hall–Kier alpha value is -1.84. The first-order chi connectivity index (χ1) is 11.1. The van der Waals surface area contributed by atoms with Crippen molar-refractivity contribution in [1.29, 1.82) is 0 Å². The molecule has 1 amide bonds. The van der Waals surface area contributed by atoms with Crippen molar-refractivity contribution in [3.8, 4) is 0 Å². The van der Waals surface area contributed by atoms with Crippen molar-refractivity contribution in [3.63, 3.8) is 0 Å². The van der Waals surface area contributed by atoms with Gasteiger partial charge < -0.3 is 10.0 Å². The summed E-state index contributed by atoms with van der Waals surface area (Å²) in [4.78, 5) is 26.3. The van der Waals surface area contributed by atoms with Crippen molar-refractivity contribution in [3.05, 3.63) is 35.9 Å². The van der Waals surface area contributed by atoms with Crippen LogP contribution in [0.5, 0.6) is 0 Å². The number of nitrogens with zero attached hydrogens (tertiary/aromatic N) is 1. The first-order valence-corrected chi connectivity index (χ1v) is 8.69. The van der Waals surface area contributed by atoms with Gasteiger partial charge in [0, 0.05) is 13.1 Å². The number of carboxylic acid groups (broad SMARTS) is 1. The third-order valence-corrected chi connectivity index (χ3v) is 4.71. The molecule has 0 heterocycles. The normalized spacial score (nSPS) is 20.9. The summed E-state index contributed by atoms with van der Waals surface area (Å²) >= 11 is 0. The molecule has 0 bridgehead atoms. The summed E-state index contributed by atoms with van der Waals surface area (Å²) in [6.07, 6.45) is 5.15. The maximum Gasteiger partial charge on any atom is 0.307 e. The van der Waals surface area contributed by atoms with Crippen LogP contribution in [0.2, 0.25) is 0 Å². The second kappa shape index (κ2) is 8.70. The lowest BCUT2D eigenvalue weighted by Crippen LogP contribution is -2.42. The average molecular weight is 317 g/mol. The van der Waals surface area contributed by atoms with Crippen LogP contribution in [0.25, 0.3) is 0 Å². The predicted molar refractivity (Wildman–Crippen MR) is 89.9 cm³/mol. The Bertz CT molecular complexity index is 515. The predicted octanol–water partition coefficient (Wildman–Crippen LogP) is 3.71. The van der Waals surface area contributed by atoms with Crippen LogP contribution in [0.1, 0.15) is 51.0 Å². The molecule has 2 atom stereocenters. The molecule has 0 aromatic heterocycles. The van der Waals surface area contributed by atoms with E-state index in [1.807, 2.05) is 35.2 Å². The minimum absolute atomic E-state index is 0.0226. The van der Waals surface area contributed by atoms with Gasteiger partial charge in [-0.2, -0.15) is 0 Å². The monoisotopic (exact) mass is 317 g/mol. The van der Waals surface area contributed by atoms with Gasteiger partial charge in [0.05, 0.1) is 11.8 Å². The van der Waals surface area contributed by atoms with E-state index in [1.54, 1.807) is 0 Å². The Morgan fingerprint density at radius 3 is 2.39 bits per heavy atom. The number of carbonyl (C=O) groups is 2. The van der Waals surface area contributed by atoms with Crippen LogP contribution in [0.3, 0.4) is 0 Å². The van der Waals surface area contributed by atoms with Gasteiger partial charge in [-0.15, -0.1) is 0 Å². The summed E-state index contributed by atoms with van der Waals surface area (Å²) in [7, 11) is 0. The van der Waals surface area contributed by atoms with Gasteiger partial charge in [-0.05, 0) is 24.8 Å². The summed E-state index contributed by atoms with van der Waals surface area (Å²) in [6, 6.07) is 9.93. The van der Waals surface area contributed by atoms with Gasteiger partial charge >= 0.3 is 5.97 Å². The molecular weight excluding hydrogens is 290 g/mol. The van der Waals surface area contributed by atoms with E-state index in [-0.39, 0.29) is 11.8 Å². The Kier molecular flexibility index (Phi) is 6.63. The topological polar surface area (TPSA) is 57.6 Å². The van der Waals surface area contributed by atoms with E-state index in [1.165, 1.54) is 0 Å². The summed E-state index contributed by atoms with van der Waals surface area (Å²) in [5.74, 6) is -1.68. The smallest absolute Gasteiger partial charge is 0.307 e. The largest absolute Gasteiger partial charge is 0.481 e. The third-order valence-electron chi connectivity index (χ3n) is 4.71. The maximum absolute atomic E-state index is 13.0. The van der Waals surface area contributed by atoms with Crippen molar-refractivity contribution in [2.24, 2.45) is 11.8 Å². The summed E-state index contributed by atoms with van der Waals surface area (Å²) in [5.41, 5.74) is 1.10. The number of benzene rings is 1. The third kappa shape index (κ3) is 4.81. The van der Waals surface area contributed by atoms with Gasteiger partial charge in [-0.25, -0.2) is 0 Å². The zero-order chi connectivity index (χ0) is 16.7. The molecule has 0 spiro atoms. The molecule has 1 aliphatic rings. The highest BCUT2D eigenvalue weighted by Crippen LogP contribution is 2.32. The first kappa shape index (κ1) is 17.5. The number of hydrogen-bond donors (Lipinski definition) is 1. The van der Waals surface area contributed by atoms with E-state index in [9.17, 15) is 14.7 Å². The lowest BCUT2D eigenvalue weighted by Gasteiger charge is -2.33. The Labute approximate surface area is 138 Å². The molecular formula is C19H27NO3. The fourth-order valence-corrected chi connectivity index (χ4v) is 3.38. The van der Waals surface area contributed by atoms with Crippen LogP contribution in [0, 0.1) is 11.8 Å². The fraction of sp³-hybridized carbons (Fsp3) is 0.579. The molecule has 2 rings (SSSR count). The number of amides is 1. The minimum Gasteiger partial charge on any atom is -0.481 e. The van der Waals surface area contributed by atoms with E-state index >= 15 is 0 Å². The molecule has 4 nitrogen and oxygen atoms in total. The van der Waals surface area contributed by atoms with Crippen molar-refractivity contribution in [1.82, 2.24) is 4.90 Å². The van der Waals surface area contributed by atoms with Crippen molar-refractivity contribution in [2.75, 3.05) is 6.54 Å². The van der Waals surface area contributed by atoms with Crippen LogP contribution in [0.15, 0.2) is 30.3 Å². The Morgan fingerprint density at radius 2 is 1.78 bits per heavy atom. The highest BCUT2D eigenvalue weighted by Gasteiger charge is 2.37. The van der Waals surface area contributed by atoms with Gasteiger partial charge in [0.15, 0.2) is 0 Å². The maximum atomic E-state index is 13.0. The molecule has 1 aromatic rings. The molecule has 126 valence electrons. The van der Waals surface area contributed by atoms with Crippen molar-refractivity contribution >= 4 is 11.9 Å². The van der Waals surface area contributed by atoms with Crippen LogP contribution >= 0.6 is 0 Å². The highest BCUT2D eigenvalue weighted by atomic mass is 16.4. The lowest BCUT2D eigenvalue weighted by atomic mass is 9.78. The molecule has 0 unspecified atom stereocenters. The van der Waals surface area contributed by atoms with E-state index in [4.69, 9.17) is 0 Å². The number of carbonyl (C=O) groups excluding carboxylic acids is 1. The summed E-state index contributed by atoms with van der Waals surface area (Å²) < 4.78 is 0. The number of aliphatic carboxylic acids is 1. The van der Waals surface area contributed by atoms with Gasteiger partial charge in [-0.3, -0.25) is 9.59 Å². The van der Waals surface area contributed by atoms with Gasteiger partial charge in [0.1, 0.15) is 0 Å². The van der Waals surface area contributed by atoms with E-state index in [0.717, 1.165) is 31.2 Å². The molecule has 1 saturated carbocycles. The Morgan fingerprint density at radius 1 is 1.13 bits per heavy atom. The fourth-order valence-electron chi connectivity index (χ4n) is 3.38. The second-order valence-electron chi connectivity index (χ2n) is 6.43. The molecule has 1 aromatic carbocycles. The highest BCUT2D eigenvalue weighted by molar-refractivity contribution is 5.85. The molecule has 0 aliphatic heterocycles. The molecule has 0 radical (unpaired) electrons. The van der Waals surface area contributed by atoms with Crippen molar-refractivity contribution < 1.29 is 14.7 Å². The quantitative estimate of drug-likeness (QED) is 0.834. The van der Waals surface area contributed by atoms with Crippen LogP contribution < -0.4 is 0 Å². The zero-order valence-electron chi connectivity index (χ0n) is 13.9. The number of hydrogen-bond acceptors (Lipinski definition) is 2. The minimum atomic E-state index is -0.821. The van der Waals surface area contributed by atoms with Crippen LogP contribution in [0.4, 0.5) is 0 Å². The SMILES string of the molecule is CCCCN(Cc1ccccc1)C(=O)[C@@H]1CCCC[C@@H]1C(=O)O. The average Bonchev–Trinajstić information content (AvgIpc) is 2.58. The van der Waals surface area contributed by atoms with Crippen LogP contribution in [-0.2, 0) is 16.1 Å². The Balaban J connectivity index is 2.12. The van der Waals surface area contributed by atoms with E-state index in [0.29, 0.717) is 25.9 Å². The first-order valence-electron chi connectivity index (χ1n) is 8.69. The summed E-state index contributed by atoms with van der Waals surface area (Å²) in [6.45, 7) is 3.38. The van der Waals surface area contributed by atoms with Gasteiger partial charge in [0.2, 0.25) is 5.91 Å². The van der Waals surface area contributed by atoms with Crippen LogP contribution in [-0.4, -0.2) is 28.4 Å². The zero-order valence-corrected chi connectivity index (χ0v) is 13.9. The molecule has 1 fully saturated rings. The summed E-state index contributed by atoms with van der Waals surface area (Å²) in [5, 5.41) is 9.43. The van der Waals surface area contributed by atoms with Gasteiger partial charge in [0.25, 0.3) is 0 Å². The number of carboxylic acids is 1. The number of unbranched alkanes of at least 4 members (excludes halogenated alkanes) is 1. The van der Waals surface area contributed by atoms with E-state index < -0.39 is 11.9 Å².